The van der Waals surface area contributed by atoms with Gasteiger partial charge in [0.2, 0.25) is 16.0 Å². The number of alkyl halides is 3. The summed E-state index contributed by atoms with van der Waals surface area (Å²) in [6.07, 6.45) is 3.07. The van der Waals surface area contributed by atoms with Crippen molar-refractivity contribution in [2.24, 2.45) is 0 Å². The molecule has 0 aromatic carbocycles. The predicted molar refractivity (Wildman–Crippen MR) is 74.5 cm³/mol. The standard InChI is InChI=1S/C10H15F3N4O2S2/c1-2-3-14-9-15-6-8(7-16-9)21(18,19)17-4-5-20-10(11,12)13/h6-7,17H,2-5H2,1H3,(H,14,15,16). The minimum absolute atomic E-state index is 0.193. The molecule has 0 saturated heterocycles. The fraction of sp³-hybridized carbons (Fsp3) is 0.600. The van der Waals surface area contributed by atoms with Crippen LogP contribution in [0.15, 0.2) is 17.3 Å². The van der Waals surface area contributed by atoms with Gasteiger partial charge in [0.15, 0.2) is 0 Å². The van der Waals surface area contributed by atoms with E-state index in [4.69, 9.17) is 0 Å². The fourth-order valence-corrected chi connectivity index (χ4v) is 2.69. The van der Waals surface area contributed by atoms with Crippen LogP contribution in [0, 0.1) is 0 Å². The lowest BCUT2D eigenvalue weighted by Gasteiger charge is -2.08. The van der Waals surface area contributed by atoms with Gasteiger partial charge in [0.1, 0.15) is 4.90 Å². The Hall–Kier alpha value is -1.07. The number of nitrogens with one attached hydrogen (secondary N) is 2. The Balaban J connectivity index is 2.54. The first-order valence-electron chi connectivity index (χ1n) is 6.01. The van der Waals surface area contributed by atoms with Gasteiger partial charge in [-0.05, 0) is 18.2 Å². The molecule has 0 radical (unpaired) electrons. The van der Waals surface area contributed by atoms with E-state index in [1.165, 1.54) is 0 Å². The van der Waals surface area contributed by atoms with Gasteiger partial charge >= 0.3 is 5.51 Å². The van der Waals surface area contributed by atoms with E-state index < -0.39 is 21.3 Å². The molecule has 120 valence electrons. The summed E-state index contributed by atoms with van der Waals surface area (Å²) in [6, 6.07) is 0. The smallest absolute Gasteiger partial charge is 0.354 e. The minimum Gasteiger partial charge on any atom is -0.354 e. The largest absolute Gasteiger partial charge is 0.441 e. The zero-order valence-electron chi connectivity index (χ0n) is 11.1. The SMILES string of the molecule is CCCNc1ncc(S(=O)(=O)NCCSC(F)(F)F)cn1. The van der Waals surface area contributed by atoms with Crippen LogP contribution in [0.2, 0.25) is 0 Å². The summed E-state index contributed by atoms with van der Waals surface area (Å²) in [6.45, 7) is 2.27. The average molecular weight is 344 g/mol. The molecule has 1 aromatic rings. The Bertz CT molecular complexity index is 534. The van der Waals surface area contributed by atoms with Crippen molar-refractivity contribution in [1.29, 1.82) is 0 Å². The molecule has 0 unspecified atom stereocenters. The van der Waals surface area contributed by atoms with Crippen molar-refractivity contribution < 1.29 is 21.6 Å². The van der Waals surface area contributed by atoms with Crippen molar-refractivity contribution >= 4 is 27.7 Å². The molecule has 2 N–H and O–H groups in total. The first-order valence-corrected chi connectivity index (χ1v) is 8.48. The van der Waals surface area contributed by atoms with Gasteiger partial charge in [0.05, 0.1) is 12.4 Å². The molecule has 6 nitrogen and oxygen atoms in total. The molecule has 0 saturated carbocycles. The molecule has 21 heavy (non-hydrogen) atoms. The first kappa shape index (κ1) is 18.0. The average Bonchev–Trinajstić information content (AvgIpc) is 2.41. The second kappa shape index (κ2) is 7.80. The molecule has 0 fully saturated rings. The third-order valence-electron chi connectivity index (χ3n) is 2.13. The van der Waals surface area contributed by atoms with Gasteiger partial charge in [-0.2, -0.15) is 13.2 Å². The summed E-state index contributed by atoms with van der Waals surface area (Å²) >= 11 is -0.287. The number of hydrogen-bond donors (Lipinski definition) is 2. The van der Waals surface area contributed by atoms with Crippen LogP contribution in [0.4, 0.5) is 19.1 Å². The zero-order valence-corrected chi connectivity index (χ0v) is 12.8. The normalized spacial score (nSPS) is 12.4. The van der Waals surface area contributed by atoms with Crippen LogP contribution < -0.4 is 10.0 Å². The maximum atomic E-state index is 11.9. The van der Waals surface area contributed by atoms with Crippen LogP contribution in [0.5, 0.6) is 0 Å². The lowest BCUT2D eigenvalue weighted by Crippen LogP contribution is -2.27. The van der Waals surface area contributed by atoms with Crippen molar-refractivity contribution in [2.45, 2.75) is 23.7 Å². The Morgan fingerprint density at radius 2 is 1.86 bits per heavy atom. The summed E-state index contributed by atoms with van der Waals surface area (Å²) in [7, 11) is -3.90. The lowest BCUT2D eigenvalue weighted by atomic mass is 10.5. The summed E-state index contributed by atoms with van der Waals surface area (Å²) in [4.78, 5) is 7.45. The van der Waals surface area contributed by atoms with Crippen LogP contribution in [0.3, 0.4) is 0 Å². The van der Waals surface area contributed by atoms with Crippen LogP contribution in [-0.2, 0) is 10.0 Å². The summed E-state index contributed by atoms with van der Waals surface area (Å²) in [5, 5.41) is 2.88. The van der Waals surface area contributed by atoms with E-state index in [0.29, 0.717) is 12.5 Å². The number of sulfonamides is 1. The Morgan fingerprint density at radius 1 is 1.24 bits per heavy atom. The topological polar surface area (TPSA) is 84.0 Å². The molecule has 0 aliphatic rings. The second-order valence-electron chi connectivity index (χ2n) is 3.86. The van der Waals surface area contributed by atoms with Gasteiger partial charge < -0.3 is 5.32 Å². The quantitative estimate of drug-likeness (QED) is 0.700. The van der Waals surface area contributed by atoms with Crippen LogP contribution in [0.1, 0.15) is 13.3 Å². The molecule has 0 bridgehead atoms. The third kappa shape index (κ3) is 6.96. The van der Waals surface area contributed by atoms with E-state index in [9.17, 15) is 21.6 Å². The van der Waals surface area contributed by atoms with Crippen LogP contribution in [0.25, 0.3) is 0 Å². The molecular formula is C10H15F3N4O2S2. The van der Waals surface area contributed by atoms with Gasteiger partial charge in [-0.15, -0.1) is 0 Å². The minimum atomic E-state index is -4.37. The molecule has 0 aliphatic carbocycles. The number of anilines is 1. The summed E-state index contributed by atoms with van der Waals surface area (Å²) in [5.74, 6) is -0.108. The summed E-state index contributed by atoms with van der Waals surface area (Å²) < 4.78 is 61.3. The van der Waals surface area contributed by atoms with E-state index >= 15 is 0 Å². The van der Waals surface area contributed by atoms with Crippen molar-refractivity contribution in [3.8, 4) is 0 Å². The van der Waals surface area contributed by atoms with Gasteiger partial charge in [-0.3, -0.25) is 0 Å². The van der Waals surface area contributed by atoms with Crippen molar-refractivity contribution in [1.82, 2.24) is 14.7 Å². The maximum absolute atomic E-state index is 11.9. The molecule has 0 amide bonds. The van der Waals surface area contributed by atoms with Gasteiger partial charge in [0, 0.05) is 18.8 Å². The van der Waals surface area contributed by atoms with E-state index in [0.717, 1.165) is 18.8 Å². The number of rotatable bonds is 8. The second-order valence-corrected chi connectivity index (χ2v) is 6.79. The maximum Gasteiger partial charge on any atom is 0.441 e. The van der Waals surface area contributed by atoms with Gasteiger partial charge in [0.25, 0.3) is 0 Å². The number of nitrogens with zero attached hydrogens (tertiary/aromatic N) is 2. The van der Waals surface area contributed by atoms with Crippen molar-refractivity contribution in [3.63, 3.8) is 0 Å². The predicted octanol–water partition coefficient (Wildman–Crippen LogP) is 1.83. The monoisotopic (exact) mass is 344 g/mol. The molecule has 1 aromatic heterocycles. The van der Waals surface area contributed by atoms with E-state index in [-0.39, 0.29) is 23.2 Å². The van der Waals surface area contributed by atoms with E-state index in [2.05, 4.69) is 20.0 Å². The highest BCUT2D eigenvalue weighted by molar-refractivity contribution is 8.00. The van der Waals surface area contributed by atoms with Crippen molar-refractivity contribution in [3.05, 3.63) is 12.4 Å². The molecular weight excluding hydrogens is 329 g/mol. The van der Waals surface area contributed by atoms with E-state index in [1.807, 2.05) is 6.92 Å². The highest BCUT2D eigenvalue weighted by Gasteiger charge is 2.27. The first-order chi connectivity index (χ1) is 9.74. The Kier molecular flexibility index (Phi) is 6.68. The van der Waals surface area contributed by atoms with E-state index in [1.54, 1.807) is 0 Å². The van der Waals surface area contributed by atoms with Gasteiger partial charge in [-0.1, -0.05) is 6.92 Å². The number of thioether (sulfide) groups is 1. The highest BCUT2D eigenvalue weighted by atomic mass is 32.2. The molecule has 0 spiro atoms. The Labute approximate surface area is 125 Å². The fourth-order valence-electron chi connectivity index (χ4n) is 1.21. The number of hydrogen-bond acceptors (Lipinski definition) is 6. The molecule has 1 heterocycles. The summed E-state index contributed by atoms with van der Waals surface area (Å²) in [5.41, 5.74) is -4.37. The molecule has 1 rings (SSSR count). The lowest BCUT2D eigenvalue weighted by molar-refractivity contribution is -0.0327. The third-order valence-corrected chi connectivity index (χ3v) is 4.28. The van der Waals surface area contributed by atoms with Crippen LogP contribution in [-0.4, -0.2) is 42.7 Å². The molecule has 0 atom stereocenters. The highest BCUT2D eigenvalue weighted by Crippen LogP contribution is 2.29. The van der Waals surface area contributed by atoms with Crippen LogP contribution >= 0.6 is 11.8 Å². The molecule has 11 heteroatoms. The van der Waals surface area contributed by atoms with Crippen molar-refractivity contribution in [2.75, 3.05) is 24.2 Å². The number of halogens is 3. The zero-order chi connectivity index (χ0) is 15.9. The Morgan fingerprint density at radius 3 is 2.38 bits per heavy atom. The van der Waals surface area contributed by atoms with Gasteiger partial charge in [-0.25, -0.2) is 23.1 Å². The molecule has 0 aliphatic heterocycles. The number of aromatic nitrogens is 2.